The first-order valence-electron chi connectivity index (χ1n) is 4.09. The molecule has 0 saturated heterocycles. The zero-order valence-electron chi connectivity index (χ0n) is 7.00. The molecule has 0 unspecified atom stereocenters. The molecule has 2 N–H and O–H groups in total. The number of fused-ring (bicyclic) bond motifs is 1. The molecule has 4 heteroatoms. The Morgan fingerprint density at radius 1 is 1.50 bits per heavy atom. The molecular formula is C8H11N3O. The van der Waals surface area contributed by atoms with Crippen LogP contribution in [0.2, 0.25) is 0 Å². The first kappa shape index (κ1) is 7.34. The van der Waals surface area contributed by atoms with Crippen molar-refractivity contribution < 1.29 is 4.74 Å². The number of ether oxygens (including phenoxy) is 1. The molecule has 1 aliphatic heterocycles. The van der Waals surface area contributed by atoms with Gasteiger partial charge in [0, 0.05) is 12.0 Å². The summed E-state index contributed by atoms with van der Waals surface area (Å²) in [5.41, 5.74) is 7.66. The Hall–Kier alpha value is -1.32. The summed E-state index contributed by atoms with van der Waals surface area (Å²) >= 11 is 0. The van der Waals surface area contributed by atoms with E-state index in [1.165, 1.54) is 0 Å². The lowest BCUT2D eigenvalue weighted by Gasteiger charge is -2.03. The van der Waals surface area contributed by atoms with Crippen molar-refractivity contribution in [3.05, 3.63) is 11.3 Å². The van der Waals surface area contributed by atoms with Crippen LogP contribution in [-0.4, -0.2) is 16.6 Å². The first-order valence-corrected chi connectivity index (χ1v) is 4.09. The van der Waals surface area contributed by atoms with E-state index in [1.807, 2.05) is 0 Å². The Morgan fingerprint density at radius 2 is 2.33 bits per heavy atom. The summed E-state index contributed by atoms with van der Waals surface area (Å²) in [5, 5.41) is 0. The second-order valence-corrected chi connectivity index (χ2v) is 2.76. The molecule has 4 nitrogen and oxygen atoms in total. The highest BCUT2D eigenvalue weighted by atomic mass is 16.5. The predicted octanol–water partition coefficient (Wildman–Crippen LogP) is 0.556. The van der Waals surface area contributed by atoms with Gasteiger partial charge in [0.2, 0.25) is 11.8 Å². The van der Waals surface area contributed by atoms with Crippen molar-refractivity contribution in [2.24, 2.45) is 0 Å². The molecule has 1 aromatic heterocycles. The molecule has 0 radical (unpaired) electrons. The van der Waals surface area contributed by atoms with Crippen LogP contribution >= 0.6 is 0 Å². The molecule has 1 aromatic rings. The summed E-state index contributed by atoms with van der Waals surface area (Å²) in [5.74, 6) is 0.992. The summed E-state index contributed by atoms with van der Waals surface area (Å²) < 4.78 is 5.29. The zero-order chi connectivity index (χ0) is 8.55. The fourth-order valence-corrected chi connectivity index (χ4v) is 1.44. The van der Waals surface area contributed by atoms with Crippen LogP contribution in [0.3, 0.4) is 0 Å². The van der Waals surface area contributed by atoms with Crippen molar-refractivity contribution in [2.75, 3.05) is 12.3 Å². The van der Waals surface area contributed by atoms with Crippen LogP contribution in [0.4, 0.5) is 5.95 Å². The highest BCUT2D eigenvalue weighted by molar-refractivity contribution is 5.38. The number of aryl methyl sites for hydroxylation is 1. The molecule has 0 aliphatic carbocycles. The molecule has 0 fully saturated rings. The van der Waals surface area contributed by atoms with E-state index in [9.17, 15) is 0 Å². The fraction of sp³-hybridized carbons (Fsp3) is 0.500. The van der Waals surface area contributed by atoms with Crippen molar-refractivity contribution in [1.82, 2.24) is 9.97 Å². The van der Waals surface area contributed by atoms with Crippen LogP contribution in [0.25, 0.3) is 0 Å². The van der Waals surface area contributed by atoms with Crippen LogP contribution < -0.4 is 10.5 Å². The average molecular weight is 165 g/mol. The second-order valence-electron chi connectivity index (χ2n) is 2.76. The number of anilines is 1. The summed E-state index contributed by atoms with van der Waals surface area (Å²) in [6.45, 7) is 2.76. The standard InChI is InChI=1S/C8H11N3O/c1-2-6-5-3-4-12-7(5)11-8(9)10-6/h2-4H2,1H3,(H2,9,10,11). The van der Waals surface area contributed by atoms with Crippen molar-refractivity contribution in [2.45, 2.75) is 19.8 Å². The van der Waals surface area contributed by atoms with Crippen molar-refractivity contribution in [3.8, 4) is 5.88 Å². The number of aromatic nitrogens is 2. The maximum Gasteiger partial charge on any atom is 0.223 e. The number of nitrogens with two attached hydrogens (primary N) is 1. The molecular weight excluding hydrogens is 154 g/mol. The summed E-state index contributed by atoms with van der Waals surface area (Å²) in [6.07, 6.45) is 1.80. The normalized spacial score (nSPS) is 14.1. The maximum absolute atomic E-state index is 5.50. The summed E-state index contributed by atoms with van der Waals surface area (Å²) in [7, 11) is 0. The fourth-order valence-electron chi connectivity index (χ4n) is 1.44. The zero-order valence-corrected chi connectivity index (χ0v) is 7.00. The third-order valence-corrected chi connectivity index (χ3v) is 2.00. The van der Waals surface area contributed by atoms with E-state index in [2.05, 4.69) is 16.9 Å². The number of nitrogens with zero attached hydrogens (tertiary/aromatic N) is 2. The predicted molar refractivity (Wildman–Crippen MR) is 45.0 cm³/mol. The average Bonchev–Trinajstić information content (AvgIpc) is 2.50. The molecule has 0 bridgehead atoms. The third kappa shape index (κ3) is 0.995. The Morgan fingerprint density at radius 3 is 3.08 bits per heavy atom. The Kier molecular flexibility index (Phi) is 1.60. The van der Waals surface area contributed by atoms with Crippen molar-refractivity contribution in [3.63, 3.8) is 0 Å². The van der Waals surface area contributed by atoms with Gasteiger partial charge in [-0.1, -0.05) is 6.92 Å². The molecule has 0 amide bonds. The number of nitrogen functional groups attached to an aromatic ring is 1. The monoisotopic (exact) mass is 165 g/mol. The largest absolute Gasteiger partial charge is 0.477 e. The van der Waals surface area contributed by atoms with Crippen LogP contribution in [0.1, 0.15) is 18.2 Å². The number of hydrogen-bond donors (Lipinski definition) is 1. The highest BCUT2D eigenvalue weighted by Crippen LogP contribution is 2.25. The van der Waals surface area contributed by atoms with E-state index in [4.69, 9.17) is 10.5 Å². The minimum atomic E-state index is 0.313. The number of hydrogen-bond acceptors (Lipinski definition) is 4. The summed E-state index contributed by atoms with van der Waals surface area (Å²) in [4.78, 5) is 8.16. The molecule has 0 saturated carbocycles. The maximum atomic E-state index is 5.50. The van der Waals surface area contributed by atoms with Gasteiger partial charge in [-0.25, -0.2) is 4.98 Å². The van der Waals surface area contributed by atoms with Gasteiger partial charge in [-0.2, -0.15) is 4.98 Å². The SMILES string of the molecule is CCc1nc(N)nc2c1CCO2. The van der Waals surface area contributed by atoms with Crippen LogP contribution in [0, 0.1) is 0 Å². The molecule has 1 aliphatic rings. The van der Waals surface area contributed by atoms with E-state index in [0.29, 0.717) is 18.4 Å². The van der Waals surface area contributed by atoms with Crippen LogP contribution in [0.15, 0.2) is 0 Å². The lowest BCUT2D eigenvalue weighted by molar-refractivity contribution is 0.345. The lowest BCUT2D eigenvalue weighted by atomic mass is 10.1. The Balaban J connectivity index is 2.55. The minimum Gasteiger partial charge on any atom is -0.477 e. The van der Waals surface area contributed by atoms with Crippen molar-refractivity contribution in [1.29, 1.82) is 0 Å². The van der Waals surface area contributed by atoms with E-state index in [0.717, 1.165) is 24.1 Å². The molecule has 64 valence electrons. The van der Waals surface area contributed by atoms with Gasteiger partial charge in [0.15, 0.2) is 0 Å². The third-order valence-electron chi connectivity index (χ3n) is 2.00. The van der Waals surface area contributed by atoms with Gasteiger partial charge >= 0.3 is 0 Å². The van der Waals surface area contributed by atoms with Gasteiger partial charge in [-0.15, -0.1) is 0 Å². The molecule has 2 rings (SSSR count). The van der Waals surface area contributed by atoms with Gasteiger partial charge in [-0.3, -0.25) is 0 Å². The van der Waals surface area contributed by atoms with Crippen molar-refractivity contribution >= 4 is 5.95 Å². The van der Waals surface area contributed by atoms with Gasteiger partial charge in [0.25, 0.3) is 0 Å². The highest BCUT2D eigenvalue weighted by Gasteiger charge is 2.18. The quantitative estimate of drug-likeness (QED) is 0.660. The van der Waals surface area contributed by atoms with Gasteiger partial charge in [0.05, 0.1) is 12.3 Å². The summed E-state index contributed by atoms with van der Waals surface area (Å²) in [6, 6.07) is 0. The smallest absolute Gasteiger partial charge is 0.223 e. The lowest BCUT2D eigenvalue weighted by Crippen LogP contribution is -2.01. The van der Waals surface area contributed by atoms with Crippen LogP contribution in [0.5, 0.6) is 5.88 Å². The molecule has 0 atom stereocenters. The van der Waals surface area contributed by atoms with Gasteiger partial charge in [0.1, 0.15) is 0 Å². The second kappa shape index (κ2) is 2.62. The molecule has 0 aromatic carbocycles. The Labute approximate surface area is 70.8 Å². The molecule has 2 heterocycles. The topological polar surface area (TPSA) is 61.0 Å². The van der Waals surface area contributed by atoms with E-state index in [1.54, 1.807) is 0 Å². The van der Waals surface area contributed by atoms with E-state index >= 15 is 0 Å². The molecule has 0 spiro atoms. The minimum absolute atomic E-state index is 0.313. The van der Waals surface area contributed by atoms with Gasteiger partial charge in [-0.05, 0) is 6.42 Å². The van der Waals surface area contributed by atoms with Crippen LogP contribution in [-0.2, 0) is 12.8 Å². The van der Waals surface area contributed by atoms with E-state index < -0.39 is 0 Å². The number of rotatable bonds is 1. The van der Waals surface area contributed by atoms with Gasteiger partial charge < -0.3 is 10.5 Å². The van der Waals surface area contributed by atoms with E-state index in [-0.39, 0.29) is 0 Å². The molecule has 12 heavy (non-hydrogen) atoms. The Bertz CT molecular complexity index is 311. The first-order chi connectivity index (χ1) is 5.81.